The number of nitrogens with zero attached hydrogens (tertiary/aromatic N) is 1. The predicted molar refractivity (Wildman–Crippen MR) is 106 cm³/mol. The summed E-state index contributed by atoms with van der Waals surface area (Å²) in [5.74, 6) is 0.499. The lowest BCUT2D eigenvalue weighted by atomic mass is 9.97. The average molecular weight is 375 g/mol. The van der Waals surface area contributed by atoms with Gasteiger partial charge in [-0.25, -0.2) is 4.98 Å². The summed E-state index contributed by atoms with van der Waals surface area (Å²) in [6.07, 6.45) is 16.5. The van der Waals surface area contributed by atoms with Crippen molar-refractivity contribution >= 4 is 5.91 Å². The van der Waals surface area contributed by atoms with E-state index in [1.807, 2.05) is 0 Å². The van der Waals surface area contributed by atoms with Gasteiger partial charge in [0, 0.05) is 30.3 Å². The minimum absolute atomic E-state index is 0.0120. The molecule has 1 aliphatic heterocycles. The quantitative estimate of drug-likeness (QED) is 0.833. The molecule has 1 aliphatic carbocycles. The molecule has 3 rings (SSSR count). The van der Waals surface area contributed by atoms with E-state index in [0.29, 0.717) is 18.1 Å². The SMILES string of the molecule is O=C(NC1CCCCCCCCCCC1)c1ccnc(OC2CCOC2)c1. The molecule has 1 saturated heterocycles. The Kier molecular flexibility index (Phi) is 8.40. The molecule has 0 aromatic carbocycles. The molecule has 5 nitrogen and oxygen atoms in total. The lowest BCUT2D eigenvalue weighted by molar-refractivity contribution is 0.0930. The van der Waals surface area contributed by atoms with Gasteiger partial charge in [0.15, 0.2) is 0 Å². The highest BCUT2D eigenvalue weighted by atomic mass is 16.5. The Balaban J connectivity index is 1.53. The van der Waals surface area contributed by atoms with Gasteiger partial charge >= 0.3 is 0 Å². The third kappa shape index (κ3) is 7.13. The number of hydrogen-bond acceptors (Lipinski definition) is 4. The van der Waals surface area contributed by atoms with Crippen LogP contribution < -0.4 is 10.1 Å². The van der Waals surface area contributed by atoms with Crippen molar-refractivity contribution in [2.24, 2.45) is 0 Å². The number of rotatable bonds is 4. The van der Waals surface area contributed by atoms with Crippen LogP contribution in [0.5, 0.6) is 5.88 Å². The van der Waals surface area contributed by atoms with Gasteiger partial charge in [-0.05, 0) is 18.9 Å². The summed E-state index contributed by atoms with van der Waals surface area (Å²) in [4.78, 5) is 17.0. The van der Waals surface area contributed by atoms with Crippen molar-refractivity contribution in [2.45, 2.75) is 89.2 Å². The molecule has 2 aliphatic rings. The maximum absolute atomic E-state index is 12.8. The van der Waals surface area contributed by atoms with E-state index >= 15 is 0 Å². The van der Waals surface area contributed by atoms with Crippen LogP contribution in [0.15, 0.2) is 18.3 Å². The Morgan fingerprint density at radius 3 is 2.30 bits per heavy atom. The van der Waals surface area contributed by atoms with E-state index in [1.165, 1.54) is 57.8 Å². The summed E-state index contributed by atoms with van der Waals surface area (Å²) in [7, 11) is 0. The topological polar surface area (TPSA) is 60.5 Å². The lowest BCUT2D eigenvalue weighted by Crippen LogP contribution is -2.35. The number of hydrogen-bond donors (Lipinski definition) is 1. The highest BCUT2D eigenvalue weighted by Crippen LogP contribution is 2.19. The highest BCUT2D eigenvalue weighted by Gasteiger charge is 2.19. The van der Waals surface area contributed by atoms with Crippen molar-refractivity contribution in [1.29, 1.82) is 0 Å². The van der Waals surface area contributed by atoms with Crippen LogP contribution in [0.3, 0.4) is 0 Å². The van der Waals surface area contributed by atoms with Crippen LogP contribution in [0.25, 0.3) is 0 Å². The molecule has 1 unspecified atom stereocenters. The zero-order chi connectivity index (χ0) is 18.7. The third-order valence-electron chi connectivity index (χ3n) is 5.61. The molecule has 27 heavy (non-hydrogen) atoms. The average Bonchev–Trinajstić information content (AvgIpc) is 3.17. The van der Waals surface area contributed by atoms with Crippen LogP contribution in [0.4, 0.5) is 0 Å². The summed E-state index contributed by atoms with van der Waals surface area (Å²) < 4.78 is 11.2. The van der Waals surface area contributed by atoms with Crippen molar-refractivity contribution in [3.05, 3.63) is 23.9 Å². The van der Waals surface area contributed by atoms with Crippen LogP contribution in [0.1, 0.15) is 87.4 Å². The first kappa shape index (κ1) is 20.1. The van der Waals surface area contributed by atoms with Crippen LogP contribution in [0, 0.1) is 0 Å². The second-order valence-corrected chi connectivity index (χ2v) is 7.92. The van der Waals surface area contributed by atoms with E-state index in [4.69, 9.17) is 9.47 Å². The molecule has 1 aromatic heterocycles. The molecule has 0 radical (unpaired) electrons. The fraction of sp³-hybridized carbons (Fsp3) is 0.727. The maximum atomic E-state index is 12.8. The van der Waals surface area contributed by atoms with Gasteiger partial charge in [-0.2, -0.15) is 0 Å². The lowest BCUT2D eigenvalue weighted by Gasteiger charge is -2.20. The van der Waals surface area contributed by atoms with E-state index in [1.54, 1.807) is 18.3 Å². The Morgan fingerprint density at radius 2 is 1.67 bits per heavy atom. The van der Waals surface area contributed by atoms with E-state index in [-0.39, 0.29) is 18.1 Å². The smallest absolute Gasteiger partial charge is 0.251 e. The molecule has 1 saturated carbocycles. The van der Waals surface area contributed by atoms with Crippen molar-refractivity contribution in [3.63, 3.8) is 0 Å². The standard InChI is InChI=1S/C22H34N2O3/c25-22(18-12-14-23-21(16-18)27-20-13-15-26-17-20)24-19-10-8-6-4-2-1-3-5-7-9-11-19/h12,14,16,19-20H,1-11,13,15,17H2,(H,24,25). The minimum Gasteiger partial charge on any atom is -0.472 e. The second-order valence-electron chi connectivity index (χ2n) is 7.92. The molecule has 2 heterocycles. The van der Waals surface area contributed by atoms with Gasteiger partial charge in [0.25, 0.3) is 5.91 Å². The molecule has 0 bridgehead atoms. The van der Waals surface area contributed by atoms with E-state index in [0.717, 1.165) is 25.9 Å². The maximum Gasteiger partial charge on any atom is 0.251 e. The van der Waals surface area contributed by atoms with E-state index in [2.05, 4.69) is 10.3 Å². The zero-order valence-electron chi connectivity index (χ0n) is 16.5. The normalized spacial score (nSPS) is 23.2. The van der Waals surface area contributed by atoms with Crippen molar-refractivity contribution in [1.82, 2.24) is 10.3 Å². The van der Waals surface area contributed by atoms with Crippen molar-refractivity contribution < 1.29 is 14.3 Å². The number of carbonyl (C=O) groups is 1. The zero-order valence-corrected chi connectivity index (χ0v) is 16.5. The van der Waals surface area contributed by atoms with Crippen LogP contribution in [-0.4, -0.2) is 36.3 Å². The fourth-order valence-electron chi connectivity index (χ4n) is 3.97. The van der Waals surface area contributed by atoms with E-state index < -0.39 is 0 Å². The Hall–Kier alpha value is -1.62. The number of carbonyl (C=O) groups excluding carboxylic acids is 1. The van der Waals surface area contributed by atoms with Crippen LogP contribution >= 0.6 is 0 Å². The molecule has 1 aromatic rings. The molecular formula is C22H34N2O3. The molecule has 1 amide bonds. The molecule has 1 N–H and O–H groups in total. The van der Waals surface area contributed by atoms with E-state index in [9.17, 15) is 4.79 Å². The van der Waals surface area contributed by atoms with Gasteiger partial charge in [0.05, 0.1) is 13.2 Å². The van der Waals surface area contributed by atoms with Crippen molar-refractivity contribution in [3.8, 4) is 5.88 Å². The van der Waals surface area contributed by atoms with Crippen LogP contribution in [-0.2, 0) is 4.74 Å². The van der Waals surface area contributed by atoms with Crippen LogP contribution in [0.2, 0.25) is 0 Å². The van der Waals surface area contributed by atoms with Gasteiger partial charge in [-0.15, -0.1) is 0 Å². The fourth-order valence-corrected chi connectivity index (χ4v) is 3.97. The first-order valence-electron chi connectivity index (χ1n) is 10.8. The number of amides is 1. The Labute approximate surface area is 163 Å². The van der Waals surface area contributed by atoms with Gasteiger partial charge in [-0.1, -0.05) is 57.8 Å². The summed E-state index contributed by atoms with van der Waals surface area (Å²) in [6, 6.07) is 3.80. The number of nitrogens with one attached hydrogen (secondary N) is 1. The summed E-state index contributed by atoms with van der Waals surface area (Å²) in [5.41, 5.74) is 0.630. The summed E-state index contributed by atoms with van der Waals surface area (Å²) in [6.45, 7) is 1.33. The number of aromatic nitrogens is 1. The Bertz CT molecular complexity index is 560. The van der Waals surface area contributed by atoms with Gasteiger partial charge in [0.1, 0.15) is 6.10 Å². The molecule has 150 valence electrons. The summed E-state index contributed by atoms with van der Waals surface area (Å²) >= 11 is 0. The first-order valence-corrected chi connectivity index (χ1v) is 10.8. The molecule has 1 atom stereocenters. The van der Waals surface area contributed by atoms with Gasteiger partial charge < -0.3 is 14.8 Å². The third-order valence-corrected chi connectivity index (χ3v) is 5.61. The highest BCUT2D eigenvalue weighted by molar-refractivity contribution is 5.94. The minimum atomic E-state index is -0.0120. The number of ether oxygens (including phenoxy) is 2. The molecule has 0 spiro atoms. The predicted octanol–water partition coefficient (Wildman–Crippen LogP) is 4.65. The molecule has 5 heteroatoms. The van der Waals surface area contributed by atoms with Gasteiger partial charge in [0.2, 0.25) is 5.88 Å². The van der Waals surface area contributed by atoms with Gasteiger partial charge in [-0.3, -0.25) is 4.79 Å². The monoisotopic (exact) mass is 374 g/mol. The molecular weight excluding hydrogens is 340 g/mol. The Morgan fingerprint density at radius 1 is 1.00 bits per heavy atom. The first-order chi connectivity index (χ1) is 13.3. The second kappa shape index (κ2) is 11.3. The summed E-state index contributed by atoms with van der Waals surface area (Å²) in [5, 5.41) is 3.26. The molecule has 2 fully saturated rings. The number of pyridine rings is 1. The largest absolute Gasteiger partial charge is 0.472 e. The van der Waals surface area contributed by atoms with Crippen molar-refractivity contribution in [2.75, 3.05) is 13.2 Å².